The molecule has 1 N–H and O–H groups in total. The zero-order valence-electron chi connectivity index (χ0n) is 8.80. The maximum atomic E-state index is 11.6. The molecule has 0 spiro atoms. The van der Waals surface area contributed by atoms with E-state index in [-0.39, 0.29) is 0 Å². The molecule has 1 fully saturated rings. The van der Waals surface area contributed by atoms with Crippen LogP contribution in [0, 0.1) is 0 Å². The summed E-state index contributed by atoms with van der Waals surface area (Å²) in [7, 11) is 0. The molecule has 1 aliphatic heterocycles. The molecular weight excluding hydrogens is 216 g/mol. The van der Waals surface area contributed by atoms with Crippen molar-refractivity contribution in [3.8, 4) is 0 Å². The number of hydrogen-bond acceptors (Lipinski definition) is 2. The molecule has 1 aliphatic rings. The average molecular weight is 233 g/mol. The number of carbonyl (C=O) groups is 2. The number of likely N-dealkylation sites (tertiary alicyclic amines) is 1. The molecule has 1 rings (SSSR count). The summed E-state index contributed by atoms with van der Waals surface area (Å²) in [6.45, 7) is 1.75. The molecule has 0 aliphatic carbocycles. The Morgan fingerprint density at radius 2 is 1.73 bits per heavy atom. The van der Waals surface area contributed by atoms with E-state index in [0.29, 0.717) is 25.5 Å². The molecule has 0 unspecified atom stereocenters. The van der Waals surface area contributed by atoms with E-state index in [1.54, 1.807) is 4.90 Å². The van der Waals surface area contributed by atoms with Gasteiger partial charge in [-0.15, -0.1) is 11.6 Å². The predicted molar refractivity (Wildman–Crippen MR) is 58.8 cm³/mol. The highest BCUT2D eigenvalue weighted by Gasteiger charge is 2.21. The Morgan fingerprint density at radius 3 is 2.27 bits per heavy atom. The molecule has 0 radical (unpaired) electrons. The maximum Gasteiger partial charge on any atom is 0.311 e. The molecule has 2 amide bonds. The van der Waals surface area contributed by atoms with E-state index in [2.05, 4.69) is 5.32 Å². The maximum absolute atomic E-state index is 11.6. The molecule has 0 aromatic heterocycles. The van der Waals surface area contributed by atoms with Gasteiger partial charge in [-0.1, -0.05) is 12.8 Å². The van der Waals surface area contributed by atoms with Crippen molar-refractivity contribution in [2.24, 2.45) is 0 Å². The topological polar surface area (TPSA) is 49.4 Å². The van der Waals surface area contributed by atoms with Crippen molar-refractivity contribution in [3.63, 3.8) is 0 Å². The van der Waals surface area contributed by atoms with Crippen LogP contribution < -0.4 is 5.32 Å². The van der Waals surface area contributed by atoms with E-state index >= 15 is 0 Å². The first-order valence-corrected chi connectivity index (χ1v) is 5.92. The van der Waals surface area contributed by atoms with Crippen molar-refractivity contribution in [2.75, 3.05) is 25.5 Å². The summed E-state index contributed by atoms with van der Waals surface area (Å²) in [5.74, 6) is -0.612. The normalized spacial score (nSPS) is 17.0. The molecule has 0 saturated carbocycles. The third-order valence-corrected chi connectivity index (χ3v) is 2.66. The van der Waals surface area contributed by atoms with Gasteiger partial charge in [0.05, 0.1) is 0 Å². The first-order valence-electron chi connectivity index (χ1n) is 5.39. The summed E-state index contributed by atoms with van der Waals surface area (Å²) in [5, 5.41) is 2.49. The van der Waals surface area contributed by atoms with Crippen molar-refractivity contribution in [1.29, 1.82) is 0 Å². The molecule has 1 saturated heterocycles. The zero-order chi connectivity index (χ0) is 11.1. The van der Waals surface area contributed by atoms with E-state index in [1.807, 2.05) is 0 Å². The SMILES string of the molecule is O=C(NCCCl)C(=O)N1CCCCCC1. The quantitative estimate of drug-likeness (QED) is 0.564. The van der Waals surface area contributed by atoms with Gasteiger partial charge in [-0.3, -0.25) is 9.59 Å². The van der Waals surface area contributed by atoms with E-state index in [1.165, 1.54) is 0 Å². The average Bonchev–Trinajstić information content (AvgIpc) is 2.53. The fourth-order valence-corrected chi connectivity index (χ4v) is 1.75. The van der Waals surface area contributed by atoms with E-state index in [4.69, 9.17) is 11.6 Å². The fraction of sp³-hybridized carbons (Fsp3) is 0.800. The van der Waals surface area contributed by atoms with Gasteiger partial charge in [0.1, 0.15) is 0 Å². The number of amides is 2. The van der Waals surface area contributed by atoms with Crippen LogP contribution >= 0.6 is 11.6 Å². The van der Waals surface area contributed by atoms with Gasteiger partial charge in [0.15, 0.2) is 0 Å². The van der Waals surface area contributed by atoms with Crippen molar-refractivity contribution in [1.82, 2.24) is 10.2 Å². The van der Waals surface area contributed by atoms with Gasteiger partial charge in [0.2, 0.25) is 0 Å². The lowest BCUT2D eigenvalue weighted by Gasteiger charge is -2.19. The standard InChI is InChI=1S/C10H17ClN2O2/c11-5-6-12-9(14)10(15)13-7-3-1-2-4-8-13/h1-8H2,(H,12,14). The van der Waals surface area contributed by atoms with Gasteiger partial charge in [0, 0.05) is 25.5 Å². The van der Waals surface area contributed by atoms with Crippen LogP contribution in [0.5, 0.6) is 0 Å². The monoisotopic (exact) mass is 232 g/mol. The van der Waals surface area contributed by atoms with Gasteiger partial charge in [-0.2, -0.15) is 0 Å². The van der Waals surface area contributed by atoms with Crippen LogP contribution in [-0.4, -0.2) is 42.2 Å². The number of nitrogens with one attached hydrogen (secondary N) is 1. The third kappa shape index (κ3) is 4.08. The Morgan fingerprint density at radius 1 is 1.13 bits per heavy atom. The van der Waals surface area contributed by atoms with Gasteiger partial charge >= 0.3 is 11.8 Å². The van der Waals surface area contributed by atoms with Crippen LogP contribution in [0.1, 0.15) is 25.7 Å². The first-order chi connectivity index (χ1) is 7.25. The highest BCUT2D eigenvalue weighted by Crippen LogP contribution is 2.09. The number of rotatable bonds is 2. The second kappa shape index (κ2) is 6.67. The summed E-state index contributed by atoms with van der Waals surface area (Å²) in [6, 6.07) is 0. The second-order valence-electron chi connectivity index (χ2n) is 3.65. The minimum atomic E-state index is -0.530. The molecule has 0 aromatic carbocycles. The summed E-state index contributed by atoms with van der Waals surface area (Å²) < 4.78 is 0. The van der Waals surface area contributed by atoms with Crippen LogP contribution in [-0.2, 0) is 9.59 Å². The molecule has 0 bridgehead atoms. The molecule has 86 valence electrons. The highest BCUT2D eigenvalue weighted by molar-refractivity contribution is 6.35. The van der Waals surface area contributed by atoms with Gasteiger partial charge in [0.25, 0.3) is 0 Å². The Bertz CT molecular complexity index is 225. The molecular formula is C10H17ClN2O2. The Labute approximate surface area is 95.0 Å². The largest absolute Gasteiger partial charge is 0.347 e. The van der Waals surface area contributed by atoms with Crippen molar-refractivity contribution in [2.45, 2.75) is 25.7 Å². The molecule has 0 atom stereocenters. The van der Waals surface area contributed by atoms with Crippen LogP contribution in [0.4, 0.5) is 0 Å². The van der Waals surface area contributed by atoms with Crippen LogP contribution in [0.3, 0.4) is 0 Å². The number of carbonyl (C=O) groups excluding carboxylic acids is 2. The minimum Gasteiger partial charge on any atom is -0.347 e. The number of alkyl halides is 1. The predicted octanol–water partition coefficient (Wildman–Crippen LogP) is 0.744. The second-order valence-corrected chi connectivity index (χ2v) is 4.03. The lowest BCUT2D eigenvalue weighted by molar-refractivity contribution is -0.145. The van der Waals surface area contributed by atoms with Gasteiger partial charge in [-0.05, 0) is 12.8 Å². The van der Waals surface area contributed by atoms with Crippen LogP contribution in [0.25, 0.3) is 0 Å². The third-order valence-electron chi connectivity index (χ3n) is 2.47. The van der Waals surface area contributed by atoms with Crippen LogP contribution in [0.15, 0.2) is 0 Å². The van der Waals surface area contributed by atoms with Crippen molar-refractivity contribution >= 4 is 23.4 Å². The summed E-state index contributed by atoms with van der Waals surface area (Å²) in [6.07, 6.45) is 4.28. The summed E-state index contributed by atoms with van der Waals surface area (Å²) >= 11 is 5.42. The highest BCUT2D eigenvalue weighted by atomic mass is 35.5. The minimum absolute atomic E-state index is 0.332. The van der Waals surface area contributed by atoms with Crippen molar-refractivity contribution in [3.05, 3.63) is 0 Å². The Kier molecular flexibility index (Phi) is 5.47. The van der Waals surface area contributed by atoms with Crippen LogP contribution in [0.2, 0.25) is 0 Å². The van der Waals surface area contributed by atoms with E-state index < -0.39 is 11.8 Å². The molecule has 0 aromatic rings. The number of hydrogen-bond donors (Lipinski definition) is 1. The molecule has 15 heavy (non-hydrogen) atoms. The fourth-order valence-electron chi connectivity index (χ4n) is 1.65. The summed E-state index contributed by atoms with van der Waals surface area (Å²) in [4.78, 5) is 24.6. The van der Waals surface area contributed by atoms with Gasteiger partial charge in [-0.25, -0.2) is 0 Å². The number of nitrogens with zero attached hydrogens (tertiary/aromatic N) is 1. The van der Waals surface area contributed by atoms with E-state index in [0.717, 1.165) is 25.7 Å². The molecule has 4 nitrogen and oxygen atoms in total. The number of halogens is 1. The lowest BCUT2D eigenvalue weighted by atomic mass is 10.2. The Hall–Kier alpha value is -0.770. The Balaban J connectivity index is 2.39. The van der Waals surface area contributed by atoms with Gasteiger partial charge < -0.3 is 10.2 Å². The smallest absolute Gasteiger partial charge is 0.311 e. The molecule has 1 heterocycles. The first kappa shape index (κ1) is 12.3. The lowest BCUT2D eigenvalue weighted by Crippen LogP contribution is -2.43. The summed E-state index contributed by atoms with van der Waals surface area (Å²) in [5.41, 5.74) is 0. The van der Waals surface area contributed by atoms with Crippen molar-refractivity contribution < 1.29 is 9.59 Å². The molecule has 5 heteroatoms. The van der Waals surface area contributed by atoms with E-state index in [9.17, 15) is 9.59 Å². The zero-order valence-corrected chi connectivity index (χ0v) is 9.55.